The molecule has 0 unspecified atom stereocenters. The topological polar surface area (TPSA) is 72.1 Å². The van der Waals surface area contributed by atoms with Crippen LogP contribution in [0.25, 0.3) is 0 Å². The highest BCUT2D eigenvalue weighted by atomic mass is 79.9. The van der Waals surface area contributed by atoms with Crippen LogP contribution in [0.5, 0.6) is 11.5 Å². The van der Waals surface area contributed by atoms with Crippen molar-refractivity contribution in [2.75, 3.05) is 20.3 Å². The Kier molecular flexibility index (Phi) is 9.23. The van der Waals surface area contributed by atoms with Crippen molar-refractivity contribution in [1.82, 2.24) is 14.9 Å². The number of ether oxygens (including phenoxy) is 2. The number of imidazole rings is 1. The van der Waals surface area contributed by atoms with Gasteiger partial charge in [-0.15, -0.1) is 12.4 Å². The third-order valence-electron chi connectivity index (χ3n) is 3.23. The van der Waals surface area contributed by atoms with E-state index in [1.54, 1.807) is 13.3 Å². The number of nitrogens with zero attached hydrogens (tertiary/aromatic N) is 3. The lowest BCUT2D eigenvalue weighted by Crippen LogP contribution is -2.16. The molecule has 0 spiro atoms. The fourth-order valence-electron chi connectivity index (χ4n) is 2.16. The Morgan fingerprint density at radius 3 is 2.92 bits per heavy atom. The molecule has 2 rings (SSSR count). The summed E-state index contributed by atoms with van der Waals surface area (Å²) in [7, 11) is 1.59. The zero-order valence-electron chi connectivity index (χ0n) is 13.4. The molecule has 0 aliphatic rings. The molecule has 0 saturated heterocycles. The quantitative estimate of drug-likeness (QED) is 0.637. The molecule has 0 aliphatic heterocycles. The molecule has 0 radical (unpaired) electrons. The predicted octanol–water partition coefficient (Wildman–Crippen LogP) is 3.16. The van der Waals surface area contributed by atoms with Gasteiger partial charge in [0.05, 0.1) is 17.9 Å². The van der Waals surface area contributed by atoms with Crippen molar-refractivity contribution in [3.05, 3.63) is 40.9 Å². The van der Waals surface area contributed by atoms with Crippen LogP contribution in [0.2, 0.25) is 0 Å². The first-order valence-electron chi connectivity index (χ1n) is 7.27. The maximum atomic E-state index is 8.63. The standard InChI is InChI=1S/C16H19BrN4O2.ClH/c1-22-15-10-13(9-14(17)16(15)23-8-3-18)11-19-4-2-6-21-7-5-20-12-21;/h5,7,9-10,12,19H,2,4,6,8,11H2,1H3;1H. The summed E-state index contributed by atoms with van der Waals surface area (Å²) >= 11 is 3.47. The highest BCUT2D eigenvalue weighted by Gasteiger charge is 2.11. The summed E-state index contributed by atoms with van der Waals surface area (Å²) in [6, 6.07) is 5.84. The van der Waals surface area contributed by atoms with Gasteiger partial charge in [-0.3, -0.25) is 0 Å². The number of hydrogen-bond donors (Lipinski definition) is 1. The SMILES string of the molecule is COc1cc(CNCCCn2ccnc2)cc(Br)c1OCC#N.Cl. The molecule has 0 atom stereocenters. The Labute approximate surface area is 156 Å². The molecule has 0 amide bonds. The van der Waals surface area contributed by atoms with Crippen molar-refractivity contribution in [2.24, 2.45) is 0 Å². The van der Waals surface area contributed by atoms with Crippen molar-refractivity contribution >= 4 is 28.3 Å². The van der Waals surface area contributed by atoms with E-state index >= 15 is 0 Å². The average Bonchev–Trinajstić information content (AvgIpc) is 3.06. The lowest BCUT2D eigenvalue weighted by atomic mass is 10.2. The molecule has 1 heterocycles. The molecule has 8 heteroatoms. The third-order valence-corrected chi connectivity index (χ3v) is 3.82. The van der Waals surface area contributed by atoms with Crippen LogP contribution >= 0.6 is 28.3 Å². The summed E-state index contributed by atoms with van der Waals surface area (Å²) in [6.07, 6.45) is 6.59. The van der Waals surface area contributed by atoms with Crippen LogP contribution in [-0.2, 0) is 13.1 Å². The summed E-state index contributed by atoms with van der Waals surface area (Å²) in [5.41, 5.74) is 1.08. The van der Waals surface area contributed by atoms with E-state index in [-0.39, 0.29) is 19.0 Å². The van der Waals surface area contributed by atoms with Crippen molar-refractivity contribution in [2.45, 2.75) is 19.5 Å². The third kappa shape index (κ3) is 6.04. The van der Waals surface area contributed by atoms with Gasteiger partial charge in [-0.05, 0) is 46.6 Å². The Balaban J connectivity index is 0.00000288. The monoisotopic (exact) mass is 414 g/mol. The summed E-state index contributed by atoms with van der Waals surface area (Å²) in [5.74, 6) is 1.17. The first-order chi connectivity index (χ1) is 11.2. The van der Waals surface area contributed by atoms with Gasteiger partial charge in [0.2, 0.25) is 0 Å². The lowest BCUT2D eigenvalue weighted by Gasteiger charge is -2.13. The smallest absolute Gasteiger partial charge is 0.176 e. The number of halogens is 2. The van der Waals surface area contributed by atoms with E-state index in [4.69, 9.17) is 14.7 Å². The largest absolute Gasteiger partial charge is 0.493 e. The Hall–Kier alpha value is -1.75. The Bertz CT molecular complexity index is 659. The van der Waals surface area contributed by atoms with Gasteiger partial charge in [-0.2, -0.15) is 5.26 Å². The summed E-state index contributed by atoms with van der Waals surface area (Å²) in [6.45, 7) is 2.57. The summed E-state index contributed by atoms with van der Waals surface area (Å²) < 4.78 is 13.6. The van der Waals surface area contributed by atoms with Gasteiger partial charge in [-0.1, -0.05) is 0 Å². The molecule has 2 aromatic rings. The molecule has 24 heavy (non-hydrogen) atoms. The highest BCUT2D eigenvalue weighted by molar-refractivity contribution is 9.10. The van der Waals surface area contributed by atoms with Crippen LogP contribution in [0.3, 0.4) is 0 Å². The van der Waals surface area contributed by atoms with Crippen molar-refractivity contribution in [3.8, 4) is 17.6 Å². The van der Waals surface area contributed by atoms with Crippen LogP contribution in [-0.4, -0.2) is 29.8 Å². The van der Waals surface area contributed by atoms with Crippen LogP contribution in [0.1, 0.15) is 12.0 Å². The molecule has 0 fully saturated rings. The number of benzene rings is 1. The maximum absolute atomic E-state index is 8.63. The van der Waals surface area contributed by atoms with Gasteiger partial charge in [0.15, 0.2) is 18.1 Å². The van der Waals surface area contributed by atoms with E-state index in [2.05, 4.69) is 30.8 Å². The minimum Gasteiger partial charge on any atom is -0.493 e. The molecule has 0 saturated carbocycles. The molecule has 1 aromatic carbocycles. The Morgan fingerprint density at radius 2 is 2.25 bits per heavy atom. The zero-order valence-corrected chi connectivity index (χ0v) is 15.8. The van der Waals surface area contributed by atoms with Gasteiger partial charge in [0.25, 0.3) is 0 Å². The van der Waals surface area contributed by atoms with Gasteiger partial charge < -0.3 is 19.4 Å². The minimum atomic E-state index is -0.0131. The molecule has 1 N–H and O–H groups in total. The van der Waals surface area contributed by atoms with E-state index < -0.39 is 0 Å². The van der Waals surface area contributed by atoms with Crippen molar-refractivity contribution < 1.29 is 9.47 Å². The molecule has 6 nitrogen and oxygen atoms in total. The molecular formula is C16H20BrClN4O2. The second-order valence-electron chi connectivity index (χ2n) is 4.89. The number of nitrogens with one attached hydrogen (secondary N) is 1. The normalized spacial score (nSPS) is 9.88. The number of methoxy groups -OCH3 is 1. The fourth-order valence-corrected chi connectivity index (χ4v) is 2.76. The first-order valence-corrected chi connectivity index (χ1v) is 8.06. The number of aromatic nitrogens is 2. The molecular weight excluding hydrogens is 396 g/mol. The van der Waals surface area contributed by atoms with E-state index in [0.717, 1.165) is 36.1 Å². The average molecular weight is 416 g/mol. The highest BCUT2D eigenvalue weighted by Crippen LogP contribution is 2.36. The van der Waals surface area contributed by atoms with Crippen molar-refractivity contribution in [3.63, 3.8) is 0 Å². The molecule has 130 valence electrons. The van der Waals surface area contributed by atoms with Crippen LogP contribution in [0.4, 0.5) is 0 Å². The molecule has 0 bridgehead atoms. The molecule has 0 aliphatic carbocycles. The van der Waals surface area contributed by atoms with Gasteiger partial charge in [0, 0.05) is 25.5 Å². The number of rotatable bonds is 9. The summed E-state index contributed by atoms with van der Waals surface area (Å²) in [4.78, 5) is 4.02. The zero-order chi connectivity index (χ0) is 16.5. The summed E-state index contributed by atoms with van der Waals surface area (Å²) in [5, 5.41) is 12.0. The minimum absolute atomic E-state index is 0. The Morgan fingerprint density at radius 1 is 1.42 bits per heavy atom. The van der Waals surface area contributed by atoms with Gasteiger partial charge in [-0.25, -0.2) is 4.98 Å². The van der Waals surface area contributed by atoms with E-state index in [1.165, 1.54) is 0 Å². The maximum Gasteiger partial charge on any atom is 0.176 e. The predicted molar refractivity (Wildman–Crippen MR) is 97.6 cm³/mol. The van der Waals surface area contributed by atoms with Crippen molar-refractivity contribution in [1.29, 1.82) is 5.26 Å². The van der Waals surface area contributed by atoms with Gasteiger partial charge >= 0.3 is 0 Å². The van der Waals surface area contributed by atoms with Gasteiger partial charge in [0.1, 0.15) is 6.07 Å². The second-order valence-corrected chi connectivity index (χ2v) is 5.74. The lowest BCUT2D eigenvalue weighted by molar-refractivity contribution is 0.327. The van der Waals surface area contributed by atoms with E-state index in [1.807, 2.05) is 30.7 Å². The van der Waals surface area contributed by atoms with E-state index in [0.29, 0.717) is 11.5 Å². The first kappa shape index (κ1) is 20.3. The molecule has 1 aromatic heterocycles. The van der Waals surface area contributed by atoms with Crippen LogP contribution < -0.4 is 14.8 Å². The number of aryl methyl sites for hydroxylation is 1. The van der Waals surface area contributed by atoms with Crippen LogP contribution in [0, 0.1) is 11.3 Å². The van der Waals surface area contributed by atoms with Crippen LogP contribution in [0.15, 0.2) is 35.3 Å². The number of hydrogen-bond acceptors (Lipinski definition) is 5. The van der Waals surface area contributed by atoms with E-state index in [9.17, 15) is 0 Å². The second kappa shape index (κ2) is 10.9. The fraction of sp³-hybridized carbons (Fsp3) is 0.375. The number of nitriles is 1.